The van der Waals surface area contributed by atoms with Gasteiger partial charge in [-0.1, -0.05) is 18.2 Å². The van der Waals surface area contributed by atoms with E-state index in [0.29, 0.717) is 23.1 Å². The number of ether oxygens (including phenoxy) is 1. The van der Waals surface area contributed by atoms with Gasteiger partial charge in [-0.2, -0.15) is 13.2 Å². The van der Waals surface area contributed by atoms with Gasteiger partial charge in [0.2, 0.25) is 5.91 Å². The number of anilines is 1. The molecule has 10 heteroatoms. The Morgan fingerprint density at radius 3 is 2.50 bits per heavy atom. The number of hydrogen-bond donors (Lipinski definition) is 1. The third kappa shape index (κ3) is 5.01. The van der Waals surface area contributed by atoms with E-state index in [1.165, 1.54) is 19.3 Å². The molecule has 0 unspecified atom stereocenters. The van der Waals surface area contributed by atoms with Crippen molar-refractivity contribution in [2.45, 2.75) is 6.18 Å². The molecule has 0 aromatic heterocycles. The van der Waals surface area contributed by atoms with Crippen LogP contribution in [0.25, 0.3) is 6.08 Å². The second kappa shape index (κ2) is 8.62. The van der Waals surface area contributed by atoms with E-state index in [1.54, 1.807) is 24.3 Å². The first-order valence-corrected chi connectivity index (χ1v) is 9.35. The number of benzene rings is 2. The van der Waals surface area contributed by atoms with E-state index in [9.17, 15) is 27.6 Å². The standard InChI is InChI=1S/C20H15F3N2O4S/c1-29-15-7-5-12(6-8-15)9-16-18(27)25(19(28)30-16)11-17(26)24-14-4-2-3-13(10-14)20(21,22)23/h2-10H,11H2,1H3,(H,24,26)/b16-9-. The van der Waals surface area contributed by atoms with E-state index in [1.807, 2.05) is 0 Å². The lowest BCUT2D eigenvalue weighted by molar-refractivity contribution is -0.137. The summed E-state index contributed by atoms with van der Waals surface area (Å²) in [6, 6.07) is 10.9. The van der Waals surface area contributed by atoms with Gasteiger partial charge in [-0.25, -0.2) is 0 Å². The van der Waals surface area contributed by atoms with Gasteiger partial charge >= 0.3 is 6.18 Å². The van der Waals surface area contributed by atoms with Gasteiger partial charge < -0.3 is 10.1 Å². The average Bonchev–Trinajstić information content (AvgIpc) is 2.95. The van der Waals surface area contributed by atoms with E-state index in [0.717, 1.165) is 23.1 Å². The highest BCUT2D eigenvalue weighted by molar-refractivity contribution is 8.18. The first-order valence-electron chi connectivity index (χ1n) is 8.54. The minimum atomic E-state index is -4.56. The minimum Gasteiger partial charge on any atom is -0.497 e. The summed E-state index contributed by atoms with van der Waals surface area (Å²) >= 11 is 0.679. The molecule has 156 valence electrons. The maximum atomic E-state index is 12.8. The second-order valence-electron chi connectivity index (χ2n) is 6.17. The Balaban J connectivity index is 1.68. The van der Waals surface area contributed by atoms with Crippen LogP contribution in [0, 0.1) is 0 Å². The SMILES string of the molecule is COc1ccc(/C=C2\SC(=O)N(CC(=O)Nc3cccc(C(F)(F)F)c3)C2=O)cc1. The summed E-state index contributed by atoms with van der Waals surface area (Å²) < 4.78 is 43.4. The zero-order valence-electron chi connectivity index (χ0n) is 15.5. The Kier molecular flexibility index (Phi) is 6.16. The number of carbonyl (C=O) groups excluding carboxylic acids is 3. The van der Waals surface area contributed by atoms with Crippen molar-refractivity contribution < 1.29 is 32.3 Å². The number of imide groups is 1. The molecule has 1 aliphatic heterocycles. The molecule has 6 nitrogen and oxygen atoms in total. The lowest BCUT2D eigenvalue weighted by atomic mass is 10.2. The molecular weight excluding hydrogens is 421 g/mol. The highest BCUT2D eigenvalue weighted by Gasteiger charge is 2.36. The first-order chi connectivity index (χ1) is 14.2. The van der Waals surface area contributed by atoms with Gasteiger partial charge in [0.1, 0.15) is 12.3 Å². The highest BCUT2D eigenvalue weighted by atomic mass is 32.2. The molecule has 0 bridgehead atoms. The molecule has 2 aromatic carbocycles. The average molecular weight is 436 g/mol. The summed E-state index contributed by atoms with van der Waals surface area (Å²) in [5.74, 6) is -0.811. The molecule has 1 fully saturated rings. The van der Waals surface area contributed by atoms with E-state index in [-0.39, 0.29) is 10.6 Å². The maximum Gasteiger partial charge on any atom is 0.416 e. The van der Waals surface area contributed by atoms with Crippen LogP contribution < -0.4 is 10.1 Å². The lowest BCUT2D eigenvalue weighted by Crippen LogP contribution is -2.36. The number of nitrogens with zero attached hydrogens (tertiary/aromatic N) is 1. The quantitative estimate of drug-likeness (QED) is 0.704. The summed E-state index contributed by atoms with van der Waals surface area (Å²) in [6.45, 7) is -0.610. The van der Waals surface area contributed by atoms with Gasteiger partial charge in [-0.15, -0.1) is 0 Å². The molecule has 1 N–H and O–H groups in total. The first kappa shape index (κ1) is 21.4. The van der Waals surface area contributed by atoms with Crippen molar-refractivity contribution >= 4 is 40.6 Å². The van der Waals surface area contributed by atoms with E-state index in [4.69, 9.17) is 4.74 Å². The fourth-order valence-corrected chi connectivity index (χ4v) is 3.44. The Labute approximate surface area is 173 Å². The van der Waals surface area contributed by atoms with Crippen molar-refractivity contribution in [3.63, 3.8) is 0 Å². The number of amides is 3. The summed E-state index contributed by atoms with van der Waals surface area (Å²) in [6.07, 6.45) is -3.05. The zero-order chi connectivity index (χ0) is 21.9. The molecule has 30 heavy (non-hydrogen) atoms. The van der Waals surface area contributed by atoms with Crippen molar-refractivity contribution in [2.75, 3.05) is 19.0 Å². The fourth-order valence-electron chi connectivity index (χ4n) is 2.61. The molecule has 0 atom stereocenters. The van der Waals surface area contributed by atoms with Crippen molar-refractivity contribution in [2.24, 2.45) is 0 Å². The minimum absolute atomic E-state index is 0.0874. The van der Waals surface area contributed by atoms with Gasteiger partial charge in [0.05, 0.1) is 17.6 Å². The van der Waals surface area contributed by atoms with Crippen molar-refractivity contribution in [1.82, 2.24) is 4.90 Å². The zero-order valence-corrected chi connectivity index (χ0v) is 16.3. The molecule has 2 aromatic rings. The molecule has 3 rings (SSSR count). The van der Waals surface area contributed by atoms with E-state index < -0.39 is 35.3 Å². The Morgan fingerprint density at radius 1 is 1.17 bits per heavy atom. The van der Waals surface area contributed by atoms with Crippen molar-refractivity contribution in [3.05, 3.63) is 64.6 Å². The number of halogens is 3. The van der Waals surface area contributed by atoms with E-state index in [2.05, 4.69) is 5.32 Å². The molecule has 0 radical (unpaired) electrons. The molecule has 0 saturated carbocycles. The molecule has 0 spiro atoms. The predicted octanol–water partition coefficient (Wildman–Crippen LogP) is 4.39. The van der Waals surface area contributed by atoms with Crippen LogP contribution in [0.3, 0.4) is 0 Å². The second-order valence-corrected chi connectivity index (χ2v) is 7.16. The summed E-state index contributed by atoms with van der Waals surface area (Å²) in [5.41, 5.74) is -0.348. The third-order valence-electron chi connectivity index (χ3n) is 4.06. The normalized spacial score (nSPS) is 15.6. The highest BCUT2D eigenvalue weighted by Crippen LogP contribution is 2.33. The van der Waals surface area contributed by atoms with Gasteiger partial charge in [-0.05, 0) is 53.7 Å². The van der Waals surface area contributed by atoms with Crippen LogP contribution in [0.15, 0.2) is 53.4 Å². The number of alkyl halides is 3. The fraction of sp³-hybridized carbons (Fsp3) is 0.150. The molecular formula is C20H15F3N2O4S. The smallest absolute Gasteiger partial charge is 0.416 e. The number of methoxy groups -OCH3 is 1. The number of hydrogen-bond acceptors (Lipinski definition) is 5. The molecule has 1 heterocycles. The number of rotatable bonds is 5. The molecule has 1 aliphatic rings. The topological polar surface area (TPSA) is 75.7 Å². The van der Waals surface area contributed by atoms with Gasteiger partial charge in [0.15, 0.2) is 0 Å². The molecule has 0 aliphatic carbocycles. The van der Waals surface area contributed by atoms with Crippen LogP contribution in [0.1, 0.15) is 11.1 Å². The Hall–Kier alpha value is -3.27. The molecule has 3 amide bonds. The Bertz CT molecular complexity index is 1020. The van der Waals surface area contributed by atoms with Crippen LogP contribution in [0.5, 0.6) is 5.75 Å². The van der Waals surface area contributed by atoms with Crippen LogP contribution >= 0.6 is 11.8 Å². The summed E-state index contributed by atoms with van der Waals surface area (Å²) in [5, 5.41) is 1.63. The van der Waals surface area contributed by atoms with Crippen LogP contribution in [0.4, 0.5) is 23.7 Å². The van der Waals surface area contributed by atoms with Crippen LogP contribution in [-0.4, -0.2) is 35.6 Å². The third-order valence-corrected chi connectivity index (χ3v) is 4.97. The van der Waals surface area contributed by atoms with Gasteiger partial charge in [0, 0.05) is 5.69 Å². The maximum absolute atomic E-state index is 12.8. The largest absolute Gasteiger partial charge is 0.497 e. The van der Waals surface area contributed by atoms with Crippen molar-refractivity contribution in [1.29, 1.82) is 0 Å². The summed E-state index contributed by atoms with van der Waals surface area (Å²) in [4.78, 5) is 37.7. The van der Waals surface area contributed by atoms with Crippen LogP contribution in [-0.2, 0) is 15.8 Å². The van der Waals surface area contributed by atoms with E-state index >= 15 is 0 Å². The van der Waals surface area contributed by atoms with Crippen molar-refractivity contribution in [3.8, 4) is 5.75 Å². The number of carbonyl (C=O) groups is 3. The Morgan fingerprint density at radius 2 is 1.87 bits per heavy atom. The monoisotopic (exact) mass is 436 g/mol. The number of nitrogens with one attached hydrogen (secondary N) is 1. The summed E-state index contributed by atoms with van der Waals surface area (Å²) in [7, 11) is 1.52. The van der Waals surface area contributed by atoms with Crippen LogP contribution in [0.2, 0.25) is 0 Å². The molecule has 1 saturated heterocycles. The predicted molar refractivity (Wildman–Crippen MR) is 106 cm³/mol. The lowest BCUT2D eigenvalue weighted by Gasteiger charge is -2.13. The number of thioether (sulfide) groups is 1. The van der Waals surface area contributed by atoms with Gasteiger partial charge in [-0.3, -0.25) is 19.3 Å². The van der Waals surface area contributed by atoms with Gasteiger partial charge in [0.25, 0.3) is 11.1 Å².